The molecule has 0 saturated heterocycles. The van der Waals surface area contributed by atoms with Crippen LogP contribution in [0.1, 0.15) is 26.2 Å². The summed E-state index contributed by atoms with van der Waals surface area (Å²) in [6, 6.07) is 0. The molecule has 1 rings (SSSR count). The Bertz CT molecular complexity index is 233. The molecule has 0 spiro atoms. The van der Waals surface area contributed by atoms with Crippen molar-refractivity contribution in [2.45, 2.75) is 26.2 Å². The van der Waals surface area contributed by atoms with E-state index in [9.17, 15) is 4.79 Å². The fourth-order valence-corrected chi connectivity index (χ4v) is 1.05. The maximum Gasteiger partial charge on any atom is 0.274 e. The van der Waals surface area contributed by atoms with Crippen molar-refractivity contribution in [1.82, 2.24) is 10.7 Å². The van der Waals surface area contributed by atoms with E-state index in [1.807, 2.05) is 0 Å². The van der Waals surface area contributed by atoms with Crippen LogP contribution in [-0.4, -0.2) is 18.7 Å². The molecule has 72 valence electrons. The number of amides is 1. The number of rotatable bonds is 5. The number of nitrogens with one attached hydrogen (secondary N) is 2. The van der Waals surface area contributed by atoms with Crippen molar-refractivity contribution in [3.05, 3.63) is 11.8 Å². The first-order valence-corrected chi connectivity index (χ1v) is 4.61. The minimum absolute atomic E-state index is 0.136. The van der Waals surface area contributed by atoms with Gasteiger partial charge >= 0.3 is 0 Å². The predicted octanol–water partition coefficient (Wildman–Crippen LogP) is 0.766. The summed E-state index contributed by atoms with van der Waals surface area (Å²) in [4.78, 5) is 10.9. The monoisotopic (exact) mass is 181 g/mol. The minimum atomic E-state index is -0.136. The molecule has 0 aromatic carbocycles. The molecular formula is C9H15N3O. The molecule has 4 heteroatoms. The Kier molecular flexibility index (Phi) is 4.02. The third-order valence-electron chi connectivity index (χ3n) is 1.81. The summed E-state index contributed by atoms with van der Waals surface area (Å²) in [5, 5.41) is 6.71. The SMILES string of the molecule is CCCCCN/C=C1/C=NNC1=O. The van der Waals surface area contributed by atoms with Gasteiger partial charge in [-0.15, -0.1) is 0 Å². The fraction of sp³-hybridized carbons (Fsp3) is 0.556. The molecule has 1 aliphatic rings. The van der Waals surface area contributed by atoms with E-state index in [1.54, 1.807) is 6.20 Å². The highest BCUT2D eigenvalue weighted by molar-refractivity contribution is 6.15. The first-order valence-electron chi connectivity index (χ1n) is 4.61. The van der Waals surface area contributed by atoms with Crippen LogP contribution in [-0.2, 0) is 4.79 Å². The predicted molar refractivity (Wildman–Crippen MR) is 52.2 cm³/mol. The van der Waals surface area contributed by atoms with Crippen molar-refractivity contribution in [3.63, 3.8) is 0 Å². The zero-order chi connectivity index (χ0) is 9.52. The Morgan fingerprint density at radius 2 is 2.46 bits per heavy atom. The molecule has 0 aliphatic carbocycles. The van der Waals surface area contributed by atoms with Crippen LogP contribution in [0.25, 0.3) is 0 Å². The van der Waals surface area contributed by atoms with Crippen LogP contribution >= 0.6 is 0 Å². The molecule has 1 aliphatic heterocycles. The summed E-state index contributed by atoms with van der Waals surface area (Å²) >= 11 is 0. The van der Waals surface area contributed by atoms with E-state index < -0.39 is 0 Å². The van der Waals surface area contributed by atoms with Crippen LogP contribution in [0, 0.1) is 0 Å². The smallest absolute Gasteiger partial charge is 0.274 e. The van der Waals surface area contributed by atoms with E-state index in [0.29, 0.717) is 5.57 Å². The molecule has 1 amide bonds. The van der Waals surface area contributed by atoms with Gasteiger partial charge in [0, 0.05) is 12.7 Å². The van der Waals surface area contributed by atoms with Gasteiger partial charge in [0.25, 0.3) is 5.91 Å². The Morgan fingerprint density at radius 3 is 3.08 bits per heavy atom. The Morgan fingerprint density at radius 1 is 1.62 bits per heavy atom. The van der Waals surface area contributed by atoms with Crippen LogP contribution in [0.4, 0.5) is 0 Å². The molecule has 0 radical (unpaired) electrons. The van der Waals surface area contributed by atoms with E-state index in [-0.39, 0.29) is 5.91 Å². The second-order valence-corrected chi connectivity index (χ2v) is 2.96. The third kappa shape index (κ3) is 3.27. The second-order valence-electron chi connectivity index (χ2n) is 2.96. The lowest BCUT2D eigenvalue weighted by Crippen LogP contribution is -2.15. The van der Waals surface area contributed by atoms with Gasteiger partial charge in [0.15, 0.2) is 0 Å². The maximum absolute atomic E-state index is 10.9. The van der Waals surface area contributed by atoms with E-state index in [4.69, 9.17) is 0 Å². The van der Waals surface area contributed by atoms with Crippen molar-refractivity contribution in [1.29, 1.82) is 0 Å². The Labute approximate surface area is 78.1 Å². The highest BCUT2D eigenvalue weighted by atomic mass is 16.2. The van der Waals surface area contributed by atoms with Gasteiger partial charge in [-0.2, -0.15) is 5.10 Å². The number of carbonyl (C=O) groups is 1. The lowest BCUT2D eigenvalue weighted by Gasteiger charge is -1.99. The molecule has 0 aromatic rings. The van der Waals surface area contributed by atoms with Gasteiger partial charge in [-0.25, -0.2) is 5.43 Å². The van der Waals surface area contributed by atoms with E-state index in [0.717, 1.165) is 13.0 Å². The topological polar surface area (TPSA) is 53.5 Å². The van der Waals surface area contributed by atoms with E-state index >= 15 is 0 Å². The lowest BCUT2D eigenvalue weighted by atomic mass is 10.2. The molecule has 0 atom stereocenters. The van der Waals surface area contributed by atoms with E-state index in [2.05, 4.69) is 22.8 Å². The Hall–Kier alpha value is -1.32. The zero-order valence-corrected chi connectivity index (χ0v) is 7.84. The molecular weight excluding hydrogens is 166 g/mol. The molecule has 0 bridgehead atoms. The van der Waals surface area contributed by atoms with E-state index in [1.165, 1.54) is 19.1 Å². The molecule has 13 heavy (non-hydrogen) atoms. The van der Waals surface area contributed by atoms with Gasteiger partial charge in [0.05, 0.1) is 11.8 Å². The summed E-state index contributed by atoms with van der Waals surface area (Å²) in [6.07, 6.45) is 6.80. The van der Waals surface area contributed by atoms with Crippen LogP contribution in [0.5, 0.6) is 0 Å². The number of unbranched alkanes of at least 4 members (excludes halogenated alkanes) is 2. The van der Waals surface area contributed by atoms with Gasteiger partial charge < -0.3 is 5.32 Å². The molecule has 0 unspecified atom stereocenters. The van der Waals surface area contributed by atoms with Crippen molar-refractivity contribution < 1.29 is 4.79 Å². The van der Waals surface area contributed by atoms with Gasteiger partial charge in [-0.3, -0.25) is 4.79 Å². The largest absolute Gasteiger partial charge is 0.390 e. The number of nitrogens with zero attached hydrogens (tertiary/aromatic N) is 1. The van der Waals surface area contributed by atoms with Crippen molar-refractivity contribution >= 4 is 12.1 Å². The quantitative estimate of drug-likeness (QED) is 0.486. The lowest BCUT2D eigenvalue weighted by molar-refractivity contribution is -0.116. The van der Waals surface area contributed by atoms with Crippen LogP contribution in [0.15, 0.2) is 16.9 Å². The number of hydrazone groups is 1. The number of hydrogen-bond acceptors (Lipinski definition) is 3. The highest BCUT2D eigenvalue weighted by Crippen LogP contribution is 1.95. The number of hydrogen-bond donors (Lipinski definition) is 2. The average Bonchev–Trinajstić information content (AvgIpc) is 2.52. The number of carbonyl (C=O) groups excluding carboxylic acids is 1. The Balaban J connectivity index is 2.16. The van der Waals surface area contributed by atoms with Crippen molar-refractivity contribution in [2.24, 2.45) is 5.10 Å². The second kappa shape index (κ2) is 5.35. The third-order valence-corrected chi connectivity index (χ3v) is 1.81. The maximum atomic E-state index is 10.9. The molecule has 4 nitrogen and oxygen atoms in total. The summed E-state index contributed by atoms with van der Waals surface area (Å²) in [6.45, 7) is 3.08. The van der Waals surface area contributed by atoms with Gasteiger partial charge in [0.2, 0.25) is 0 Å². The van der Waals surface area contributed by atoms with Gasteiger partial charge in [-0.05, 0) is 6.42 Å². The summed E-state index contributed by atoms with van der Waals surface area (Å²) in [5.74, 6) is -0.136. The first kappa shape index (κ1) is 9.77. The van der Waals surface area contributed by atoms with Crippen molar-refractivity contribution in [3.8, 4) is 0 Å². The van der Waals surface area contributed by atoms with Crippen molar-refractivity contribution in [2.75, 3.05) is 6.54 Å². The van der Waals surface area contributed by atoms with Crippen LogP contribution < -0.4 is 10.7 Å². The fourth-order valence-electron chi connectivity index (χ4n) is 1.05. The molecule has 0 fully saturated rings. The molecule has 1 heterocycles. The minimum Gasteiger partial charge on any atom is -0.390 e. The molecule has 2 N–H and O–H groups in total. The summed E-state index contributed by atoms with van der Waals surface area (Å²) < 4.78 is 0. The standard InChI is InChI=1S/C9H15N3O/c1-2-3-4-5-10-6-8-7-11-12-9(8)13/h6-7,10H,2-5H2,1H3,(H,12,13)/b8-6-. The zero-order valence-electron chi connectivity index (χ0n) is 7.84. The normalized spacial score (nSPS) is 17.9. The highest BCUT2D eigenvalue weighted by Gasteiger charge is 2.10. The molecule has 0 aromatic heterocycles. The van der Waals surface area contributed by atoms with Crippen LogP contribution in [0.3, 0.4) is 0 Å². The molecule has 0 saturated carbocycles. The van der Waals surface area contributed by atoms with Gasteiger partial charge in [-0.1, -0.05) is 19.8 Å². The van der Waals surface area contributed by atoms with Crippen LogP contribution in [0.2, 0.25) is 0 Å². The first-order chi connectivity index (χ1) is 6.34. The average molecular weight is 181 g/mol. The summed E-state index contributed by atoms with van der Waals surface area (Å²) in [7, 11) is 0. The summed E-state index contributed by atoms with van der Waals surface area (Å²) in [5.41, 5.74) is 2.94. The van der Waals surface area contributed by atoms with Gasteiger partial charge in [0.1, 0.15) is 0 Å².